The fourth-order valence-electron chi connectivity index (χ4n) is 2.84. The molecule has 0 aliphatic heterocycles. The minimum absolute atomic E-state index is 0.0403. The maximum Gasteiger partial charge on any atom is 0.224 e. The molecule has 0 radical (unpaired) electrons. The van der Waals surface area contributed by atoms with Gasteiger partial charge in [-0.15, -0.1) is 11.3 Å². The van der Waals surface area contributed by atoms with Gasteiger partial charge >= 0.3 is 0 Å². The van der Waals surface area contributed by atoms with E-state index in [2.05, 4.69) is 58.9 Å². The Bertz CT molecular complexity index is 975. The lowest BCUT2D eigenvalue weighted by Gasteiger charge is -2.05. The topological polar surface area (TPSA) is 66.4 Å². The van der Waals surface area contributed by atoms with E-state index in [0.717, 1.165) is 46.2 Å². The van der Waals surface area contributed by atoms with E-state index in [0.29, 0.717) is 6.42 Å². The van der Waals surface area contributed by atoms with E-state index in [1.165, 1.54) is 16.9 Å². The lowest BCUT2D eigenvalue weighted by Crippen LogP contribution is -2.10. The number of aromatic nitrogens is 1. The lowest BCUT2D eigenvalue weighted by atomic mass is 10.1. The van der Waals surface area contributed by atoms with Gasteiger partial charge in [0, 0.05) is 23.1 Å². The molecule has 2 aromatic carbocycles. The molecule has 0 fully saturated rings. The Hall–Kier alpha value is -2.99. The molecule has 0 aliphatic rings. The molecule has 1 amide bonds. The third-order valence-electron chi connectivity index (χ3n) is 4.45. The molecule has 0 aliphatic carbocycles. The van der Waals surface area contributed by atoms with Crippen molar-refractivity contribution in [3.63, 3.8) is 0 Å². The lowest BCUT2D eigenvalue weighted by molar-refractivity contribution is -0.116. The number of hydrogen-bond donors (Lipinski definition) is 2. The summed E-state index contributed by atoms with van der Waals surface area (Å²) >= 11 is 1.52. The van der Waals surface area contributed by atoms with Crippen molar-refractivity contribution < 1.29 is 4.79 Å². The second-order valence-corrected chi connectivity index (χ2v) is 7.66. The number of rotatable bonds is 8. The highest BCUT2D eigenvalue weighted by atomic mass is 32.1. The highest BCUT2D eigenvalue weighted by Gasteiger charge is 2.07. The number of hydrogen-bond acceptors (Lipinski definition) is 5. The Morgan fingerprint density at radius 2 is 1.79 bits per heavy atom. The Kier molecular flexibility index (Phi) is 7.14. The van der Waals surface area contributed by atoms with Crippen LogP contribution in [0.15, 0.2) is 59.0 Å². The number of carbonyl (C=O) groups is 1. The van der Waals surface area contributed by atoms with Crippen molar-refractivity contribution in [3.05, 3.63) is 65.0 Å². The summed E-state index contributed by atoms with van der Waals surface area (Å²) in [5, 5.41) is 10.2. The zero-order chi connectivity index (χ0) is 20.6. The van der Waals surface area contributed by atoms with Gasteiger partial charge in [-0.2, -0.15) is 5.10 Å². The van der Waals surface area contributed by atoms with E-state index in [1.54, 1.807) is 0 Å². The molecule has 0 saturated carbocycles. The Morgan fingerprint density at radius 1 is 1.07 bits per heavy atom. The summed E-state index contributed by atoms with van der Waals surface area (Å²) in [4.78, 5) is 16.3. The SMILES string of the molecule is CCCC(=O)Nc1ccc(-c2csc(N/N=C(/CC)c3ccc(C)cc3)n2)cc1. The predicted octanol–water partition coefficient (Wildman–Crippen LogP) is 6.08. The van der Waals surface area contributed by atoms with Crippen LogP contribution >= 0.6 is 11.3 Å². The van der Waals surface area contributed by atoms with Gasteiger partial charge in [-0.05, 0) is 37.5 Å². The van der Waals surface area contributed by atoms with Crippen LogP contribution in [0.25, 0.3) is 11.3 Å². The first kappa shape index (κ1) is 20.7. The van der Waals surface area contributed by atoms with Gasteiger partial charge in [0.25, 0.3) is 0 Å². The number of hydrazone groups is 1. The molecule has 0 atom stereocenters. The van der Waals surface area contributed by atoms with Gasteiger partial charge in [-0.3, -0.25) is 10.2 Å². The van der Waals surface area contributed by atoms with Crippen LogP contribution < -0.4 is 10.7 Å². The van der Waals surface area contributed by atoms with Gasteiger partial charge in [0.15, 0.2) is 0 Å². The van der Waals surface area contributed by atoms with Crippen molar-refractivity contribution in [1.82, 2.24) is 4.98 Å². The summed E-state index contributed by atoms with van der Waals surface area (Å²) in [6.07, 6.45) is 2.20. The molecule has 0 spiro atoms. The van der Waals surface area contributed by atoms with Crippen molar-refractivity contribution in [2.24, 2.45) is 5.10 Å². The second-order valence-electron chi connectivity index (χ2n) is 6.80. The molecule has 1 aromatic heterocycles. The third-order valence-corrected chi connectivity index (χ3v) is 5.20. The van der Waals surface area contributed by atoms with E-state index in [4.69, 9.17) is 0 Å². The van der Waals surface area contributed by atoms with Crippen LogP contribution in [0.5, 0.6) is 0 Å². The van der Waals surface area contributed by atoms with Crippen molar-refractivity contribution in [2.45, 2.75) is 40.0 Å². The number of aryl methyl sites for hydroxylation is 1. The van der Waals surface area contributed by atoms with Crippen LogP contribution in [0.3, 0.4) is 0 Å². The summed E-state index contributed by atoms with van der Waals surface area (Å²) in [6, 6.07) is 16.1. The fourth-order valence-corrected chi connectivity index (χ4v) is 3.50. The standard InChI is InChI=1S/C23H26N4OS/c1-4-6-22(28)24-19-13-11-18(12-14-19)21-15-29-23(25-21)27-26-20(5-2)17-9-7-16(3)8-10-17/h7-15H,4-6H2,1-3H3,(H,24,28)(H,25,27)/b26-20-. The van der Waals surface area contributed by atoms with Gasteiger partial charge in [-0.25, -0.2) is 4.98 Å². The third kappa shape index (κ3) is 5.74. The van der Waals surface area contributed by atoms with Crippen molar-refractivity contribution in [2.75, 3.05) is 10.7 Å². The molecular formula is C23H26N4OS. The molecule has 3 rings (SSSR count). The van der Waals surface area contributed by atoms with Crippen molar-refractivity contribution >= 4 is 33.8 Å². The molecule has 1 heterocycles. The zero-order valence-electron chi connectivity index (χ0n) is 17.0. The average Bonchev–Trinajstić information content (AvgIpc) is 3.19. The minimum Gasteiger partial charge on any atom is -0.326 e. The monoisotopic (exact) mass is 406 g/mol. The molecule has 2 N–H and O–H groups in total. The molecule has 0 unspecified atom stereocenters. The molecule has 29 heavy (non-hydrogen) atoms. The molecular weight excluding hydrogens is 380 g/mol. The van der Waals surface area contributed by atoms with Crippen LogP contribution in [0, 0.1) is 6.92 Å². The predicted molar refractivity (Wildman–Crippen MR) is 123 cm³/mol. The first-order chi connectivity index (χ1) is 14.1. The van der Waals surface area contributed by atoms with Gasteiger partial charge in [0.1, 0.15) is 0 Å². The van der Waals surface area contributed by atoms with Crippen LogP contribution in [-0.2, 0) is 4.79 Å². The van der Waals surface area contributed by atoms with Crippen LogP contribution in [0.2, 0.25) is 0 Å². The molecule has 6 heteroatoms. The zero-order valence-corrected chi connectivity index (χ0v) is 17.8. The number of nitrogens with zero attached hydrogens (tertiary/aromatic N) is 2. The molecule has 5 nitrogen and oxygen atoms in total. The van der Waals surface area contributed by atoms with Crippen molar-refractivity contribution in [1.29, 1.82) is 0 Å². The van der Waals surface area contributed by atoms with Crippen LogP contribution in [0.1, 0.15) is 44.2 Å². The molecule has 3 aromatic rings. The van der Waals surface area contributed by atoms with Crippen molar-refractivity contribution in [3.8, 4) is 11.3 Å². The van der Waals surface area contributed by atoms with Gasteiger partial charge in [0.2, 0.25) is 11.0 Å². The van der Waals surface area contributed by atoms with Crippen LogP contribution in [-0.4, -0.2) is 16.6 Å². The maximum atomic E-state index is 11.7. The van der Waals surface area contributed by atoms with E-state index < -0.39 is 0 Å². The number of amides is 1. The first-order valence-corrected chi connectivity index (χ1v) is 10.7. The average molecular weight is 407 g/mol. The highest BCUT2D eigenvalue weighted by Crippen LogP contribution is 2.26. The molecule has 0 bridgehead atoms. The number of nitrogens with one attached hydrogen (secondary N) is 2. The fraction of sp³-hybridized carbons (Fsp3) is 0.261. The Morgan fingerprint density at radius 3 is 2.45 bits per heavy atom. The van der Waals surface area contributed by atoms with E-state index in [-0.39, 0.29) is 5.91 Å². The first-order valence-electron chi connectivity index (χ1n) is 9.84. The summed E-state index contributed by atoms with van der Waals surface area (Å²) in [6.45, 7) is 6.16. The highest BCUT2D eigenvalue weighted by molar-refractivity contribution is 7.14. The molecule has 0 saturated heterocycles. The Balaban J connectivity index is 1.67. The smallest absolute Gasteiger partial charge is 0.224 e. The summed E-state index contributed by atoms with van der Waals surface area (Å²) in [7, 11) is 0. The summed E-state index contributed by atoms with van der Waals surface area (Å²) in [5.41, 5.74) is 9.12. The maximum absolute atomic E-state index is 11.7. The molecule has 150 valence electrons. The number of carbonyl (C=O) groups excluding carboxylic acids is 1. The van der Waals surface area contributed by atoms with Gasteiger partial charge in [0.05, 0.1) is 11.4 Å². The van der Waals surface area contributed by atoms with E-state index in [1.807, 2.05) is 36.6 Å². The summed E-state index contributed by atoms with van der Waals surface area (Å²) in [5.74, 6) is 0.0403. The minimum atomic E-state index is 0.0403. The van der Waals surface area contributed by atoms with Gasteiger partial charge < -0.3 is 5.32 Å². The number of anilines is 2. The number of thiazole rings is 1. The second kappa shape index (κ2) is 9.98. The van der Waals surface area contributed by atoms with E-state index in [9.17, 15) is 4.79 Å². The van der Waals surface area contributed by atoms with Gasteiger partial charge in [-0.1, -0.05) is 55.8 Å². The quantitative estimate of drug-likeness (QED) is 0.352. The van der Waals surface area contributed by atoms with E-state index >= 15 is 0 Å². The number of benzene rings is 2. The van der Waals surface area contributed by atoms with Crippen LogP contribution in [0.4, 0.5) is 10.8 Å². The Labute approximate surface area is 175 Å². The largest absolute Gasteiger partial charge is 0.326 e. The normalized spacial score (nSPS) is 11.3. The summed E-state index contributed by atoms with van der Waals surface area (Å²) < 4.78 is 0.